The lowest BCUT2D eigenvalue weighted by atomic mass is 10.1. The number of amides is 1. The number of anilines is 1. The molecular weight excluding hydrogens is 304 g/mol. The van der Waals surface area contributed by atoms with Gasteiger partial charge in [0.05, 0.1) is 12.8 Å². The summed E-state index contributed by atoms with van der Waals surface area (Å²) in [6.45, 7) is 0. The van der Waals surface area contributed by atoms with Gasteiger partial charge in [0.2, 0.25) is 11.8 Å². The van der Waals surface area contributed by atoms with Crippen LogP contribution < -0.4 is 10.1 Å². The molecule has 0 spiro atoms. The molecule has 1 aromatic carbocycles. The van der Waals surface area contributed by atoms with Gasteiger partial charge in [-0.25, -0.2) is 0 Å². The van der Waals surface area contributed by atoms with Crippen molar-refractivity contribution in [2.75, 3.05) is 12.4 Å². The Morgan fingerprint density at radius 2 is 1.86 bits per heavy atom. The van der Waals surface area contributed by atoms with Gasteiger partial charge in [-0.05, 0) is 6.07 Å². The van der Waals surface area contributed by atoms with Gasteiger partial charge >= 0.3 is 0 Å². The Bertz CT molecular complexity index is 674. The Labute approximate surface area is 133 Å². The summed E-state index contributed by atoms with van der Waals surface area (Å²) in [5.74, 6) is -0.00453. The van der Waals surface area contributed by atoms with E-state index in [1.165, 1.54) is 7.11 Å². The maximum Gasteiger partial charge on any atom is 0.224 e. The van der Waals surface area contributed by atoms with E-state index in [1.54, 1.807) is 36.4 Å². The average molecular weight is 319 g/mol. The van der Waals surface area contributed by atoms with Crippen LogP contribution in [-0.4, -0.2) is 23.8 Å². The minimum Gasteiger partial charge on any atom is -0.481 e. The van der Waals surface area contributed by atoms with Gasteiger partial charge in [0, 0.05) is 24.5 Å². The van der Waals surface area contributed by atoms with Crippen molar-refractivity contribution in [1.29, 1.82) is 0 Å². The highest BCUT2D eigenvalue weighted by molar-refractivity contribution is 6.32. The van der Waals surface area contributed by atoms with E-state index in [1.807, 2.05) is 6.07 Å². The van der Waals surface area contributed by atoms with Gasteiger partial charge in [-0.2, -0.15) is 4.98 Å². The second-order valence-electron chi connectivity index (χ2n) is 4.53. The van der Waals surface area contributed by atoms with Crippen molar-refractivity contribution in [1.82, 2.24) is 4.98 Å². The van der Waals surface area contributed by atoms with Gasteiger partial charge in [0.25, 0.3) is 0 Å². The summed E-state index contributed by atoms with van der Waals surface area (Å²) in [6.07, 6.45) is 0.215. The van der Waals surface area contributed by atoms with Crippen LogP contribution in [-0.2, 0) is 4.79 Å². The molecule has 0 aliphatic carbocycles. The molecular formula is C16H15ClN2O3. The van der Waals surface area contributed by atoms with E-state index < -0.39 is 0 Å². The Morgan fingerprint density at radius 1 is 1.14 bits per heavy atom. The quantitative estimate of drug-likeness (QED) is 0.655. The predicted molar refractivity (Wildman–Crippen MR) is 84.4 cm³/mol. The fraction of sp³-hybridized carbons (Fsp3) is 0.188. The molecule has 0 bridgehead atoms. The summed E-state index contributed by atoms with van der Waals surface area (Å²) in [5, 5.41) is 2.77. The van der Waals surface area contributed by atoms with Crippen LogP contribution in [0.4, 0.5) is 5.69 Å². The molecule has 0 fully saturated rings. The van der Waals surface area contributed by atoms with E-state index in [0.29, 0.717) is 17.1 Å². The van der Waals surface area contributed by atoms with Crippen molar-refractivity contribution >= 4 is 29.0 Å². The molecule has 0 unspecified atom stereocenters. The van der Waals surface area contributed by atoms with Crippen molar-refractivity contribution in [3.8, 4) is 5.88 Å². The molecule has 0 atom stereocenters. The summed E-state index contributed by atoms with van der Waals surface area (Å²) in [4.78, 5) is 27.7. The zero-order chi connectivity index (χ0) is 15.9. The standard InChI is InChI=1S/C16H15ClN2O3/c1-22-15-10-7-12(16(17)19-15)18-14(21)9-8-13(20)11-5-3-2-4-6-11/h2-7,10H,8-9H2,1H3,(H,18,21). The molecule has 2 rings (SSSR count). The normalized spacial score (nSPS) is 10.1. The first-order chi connectivity index (χ1) is 10.6. The highest BCUT2D eigenvalue weighted by Gasteiger charge is 2.11. The van der Waals surface area contributed by atoms with Gasteiger partial charge < -0.3 is 10.1 Å². The zero-order valence-electron chi connectivity index (χ0n) is 12.0. The van der Waals surface area contributed by atoms with E-state index in [9.17, 15) is 9.59 Å². The molecule has 6 heteroatoms. The number of nitrogens with one attached hydrogen (secondary N) is 1. The van der Waals surface area contributed by atoms with E-state index in [2.05, 4.69) is 10.3 Å². The number of carbonyl (C=O) groups excluding carboxylic acids is 2. The third-order valence-electron chi connectivity index (χ3n) is 2.98. The minimum atomic E-state index is -0.293. The fourth-order valence-corrected chi connectivity index (χ4v) is 2.03. The predicted octanol–water partition coefficient (Wildman–Crippen LogP) is 3.35. The highest BCUT2D eigenvalue weighted by Crippen LogP contribution is 2.22. The van der Waals surface area contributed by atoms with Gasteiger partial charge in [0.1, 0.15) is 0 Å². The third kappa shape index (κ3) is 4.30. The molecule has 0 aliphatic rings. The van der Waals surface area contributed by atoms with Crippen molar-refractivity contribution in [3.63, 3.8) is 0 Å². The maximum atomic E-state index is 11.9. The first kappa shape index (κ1) is 16.0. The minimum absolute atomic E-state index is 0.0743. The number of aromatic nitrogens is 1. The molecule has 0 saturated heterocycles. The number of pyridine rings is 1. The van der Waals surface area contributed by atoms with E-state index in [-0.39, 0.29) is 29.7 Å². The van der Waals surface area contributed by atoms with Gasteiger partial charge in [0.15, 0.2) is 10.9 Å². The van der Waals surface area contributed by atoms with Crippen LogP contribution in [0.2, 0.25) is 5.15 Å². The lowest BCUT2D eigenvalue weighted by Crippen LogP contribution is -2.14. The molecule has 0 saturated carbocycles. The second kappa shape index (κ2) is 7.56. The number of benzene rings is 1. The first-order valence-electron chi connectivity index (χ1n) is 6.69. The number of nitrogens with zero attached hydrogens (tertiary/aromatic N) is 1. The van der Waals surface area contributed by atoms with Crippen LogP contribution >= 0.6 is 11.6 Å². The van der Waals surface area contributed by atoms with Crippen molar-refractivity contribution < 1.29 is 14.3 Å². The van der Waals surface area contributed by atoms with Crippen LogP contribution in [0.15, 0.2) is 42.5 Å². The number of rotatable bonds is 6. The molecule has 1 heterocycles. The lowest BCUT2D eigenvalue weighted by Gasteiger charge is -2.07. The SMILES string of the molecule is COc1ccc(NC(=O)CCC(=O)c2ccccc2)c(Cl)n1. The third-order valence-corrected chi connectivity index (χ3v) is 3.27. The molecule has 22 heavy (non-hydrogen) atoms. The molecule has 114 valence electrons. The van der Waals surface area contributed by atoms with Crippen molar-refractivity contribution in [2.24, 2.45) is 0 Å². The number of carbonyl (C=O) groups is 2. The van der Waals surface area contributed by atoms with Crippen LogP contribution in [0.5, 0.6) is 5.88 Å². The van der Waals surface area contributed by atoms with Crippen LogP contribution in [0.3, 0.4) is 0 Å². The topological polar surface area (TPSA) is 68.3 Å². The molecule has 1 aromatic heterocycles. The summed E-state index contributed by atoms with van der Waals surface area (Å²) in [7, 11) is 1.48. The van der Waals surface area contributed by atoms with Crippen molar-refractivity contribution in [3.05, 3.63) is 53.2 Å². The van der Waals surface area contributed by atoms with E-state index in [0.717, 1.165) is 0 Å². The van der Waals surface area contributed by atoms with Gasteiger partial charge in [-0.1, -0.05) is 41.9 Å². The smallest absolute Gasteiger partial charge is 0.224 e. The van der Waals surface area contributed by atoms with Crippen LogP contribution in [0.1, 0.15) is 23.2 Å². The largest absolute Gasteiger partial charge is 0.481 e. The van der Waals surface area contributed by atoms with Crippen LogP contribution in [0.25, 0.3) is 0 Å². The Kier molecular flexibility index (Phi) is 5.49. The molecule has 1 amide bonds. The molecule has 5 nitrogen and oxygen atoms in total. The summed E-state index contributed by atoms with van der Waals surface area (Å²) in [6, 6.07) is 12.1. The number of halogens is 1. The first-order valence-corrected chi connectivity index (χ1v) is 7.06. The van der Waals surface area contributed by atoms with Crippen molar-refractivity contribution in [2.45, 2.75) is 12.8 Å². The van der Waals surface area contributed by atoms with E-state index in [4.69, 9.17) is 16.3 Å². The fourth-order valence-electron chi connectivity index (χ4n) is 1.83. The number of Topliss-reactive ketones (excluding diaryl/α,β-unsaturated/α-hetero) is 1. The number of hydrogen-bond donors (Lipinski definition) is 1. The Hall–Kier alpha value is -2.40. The number of methoxy groups -OCH3 is 1. The zero-order valence-corrected chi connectivity index (χ0v) is 12.8. The Balaban J connectivity index is 1.89. The number of hydrogen-bond acceptors (Lipinski definition) is 4. The summed E-state index contributed by atoms with van der Waals surface area (Å²) in [5.41, 5.74) is 0.985. The number of ether oxygens (including phenoxy) is 1. The molecule has 2 aromatic rings. The number of ketones is 1. The van der Waals surface area contributed by atoms with Crippen LogP contribution in [0, 0.1) is 0 Å². The average Bonchev–Trinajstić information content (AvgIpc) is 2.55. The highest BCUT2D eigenvalue weighted by atomic mass is 35.5. The van der Waals surface area contributed by atoms with Gasteiger partial charge in [-0.15, -0.1) is 0 Å². The molecule has 0 radical (unpaired) electrons. The monoisotopic (exact) mass is 318 g/mol. The summed E-state index contributed by atoms with van der Waals surface area (Å²) < 4.78 is 4.93. The van der Waals surface area contributed by atoms with E-state index >= 15 is 0 Å². The second-order valence-corrected chi connectivity index (χ2v) is 4.89. The summed E-state index contributed by atoms with van der Waals surface area (Å²) >= 11 is 5.94. The maximum absolute atomic E-state index is 11.9. The lowest BCUT2D eigenvalue weighted by molar-refractivity contribution is -0.116. The molecule has 1 N–H and O–H groups in total. The van der Waals surface area contributed by atoms with Gasteiger partial charge in [-0.3, -0.25) is 9.59 Å². The molecule has 0 aliphatic heterocycles. The Morgan fingerprint density at radius 3 is 2.50 bits per heavy atom.